The van der Waals surface area contributed by atoms with Gasteiger partial charge in [0.1, 0.15) is 22.0 Å². The lowest BCUT2D eigenvalue weighted by Gasteiger charge is -2.45. The highest BCUT2D eigenvalue weighted by Crippen LogP contribution is 2.53. The number of hydrogen-bond donors (Lipinski definition) is 4. The number of aryl methyl sites for hydroxylation is 1. The molecule has 0 aromatic heterocycles. The average molecular weight is 583 g/mol. The minimum absolute atomic E-state index is 0.137. The van der Waals surface area contributed by atoms with Gasteiger partial charge in [-0.2, -0.15) is 8.42 Å². The van der Waals surface area contributed by atoms with Crippen LogP contribution < -0.4 is 4.18 Å². The Morgan fingerprint density at radius 3 is 2.22 bits per heavy atom. The number of carbonyl (C=O) groups is 2. The Bertz CT molecular complexity index is 1740. The van der Waals surface area contributed by atoms with Gasteiger partial charge < -0.3 is 34.1 Å². The van der Waals surface area contributed by atoms with E-state index in [1.54, 1.807) is 19.1 Å². The summed E-state index contributed by atoms with van der Waals surface area (Å²) in [6.07, 6.45) is -2.32. The first kappa shape index (κ1) is 27.4. The minimum Gasteiger partial charge on any atom is -0.507 e. The summed E-state index contributed by atoms with van der Waals surface area (Å²) >= 11 is 0. The molecule has 41 heavy (non-hydrogen) atoms. The summed E-state index contributed by atoms with van der Waals surface area (Å²) in [5.41, 5.74) is -3.22. The van der Waals surface area contributed by atoms with Crippen molar-refractivity contribution in [1.82, 2.24) is 0 Å². The highest BCUT2D eigenvalue weighted by atomic mass is 32.2. The van der Waals surface area contributed by atoms with Gasteiger partial charge in [0.25, 0.3) is 0 Å². The van der Waals surface area contributed by atoms with Crippen LogP contribution in [-0.2, 0) is 26.0 Å². The number of ketones is 2. The van der Waals surface area contributed by atoms with Crippen LogP contribution >= 0.6 is 0 Å². The highest BCUT2D eigenvalue weighted by molar-refractivity contribution is 7.87. The number of phenolic OH excluding ortho intramolecular Hbond substituents is 2. The summed E-state index contributed by atoms with van der Waals surface area (Å²) in [6.45, 7) is 3.65. The Morgan fingerprint density at radius 2 is 1.56 bits per heavy atom. The van der Waals surface area contributed by atoms with Gasteiger partial charge in [0, 0.05) is 29.5 Å². The Hall–Kier alpha value is -3.81. The molecular weight excluding hydrogens is 556 g/mol. The summed E-state index contributed by atoms with van der Waals surface area (Å²) in [7, 11) is -4.42. The van der Waals surface area contributed by atoms with Gasteiger partial charge in [0.2, 0.25) is 5.78 Å². The highest BCUT2D eigenvalue weighted by Gasteiger charge is 2.56. The fraction of sp³-hybridized carbons (Fsp3) is 0.310. The van der Waals surface area contributed by atoms with E-state index in [1.807, 2.05) is 0 Å². The van der Waals surface area contributed by atoms with Crippen LogP contribution in [0.25, 0.3) is 0 Å². The van der Waals surface area contributed by atoms with Crippen molar-refractivity contribution in [3.05, 3.63) is 81.4 Å². The van der Waals surface area contributed by atoms with Gasteiger partial charge in [-0.25, -0.2) is 0 Å². The molecule has 3 aliphatic rings. The summed E-state index contributed by atoms with van der Waals surface area (Å²) in [5, 5.41) is 45.1. The van der Waals surface area contributed by atoms with E-state index in [-0.39, 0.29) is 47.6 Å². The molecule has 2 atom stereocenters. The van der Waals surface area contributed by atoms with E-state index in [0.717, 1.165) is 5.56 Å². The fourth-order valence-electron chi connectivity index (χ4n) is 5.84. The van der Waals surface area contributed by atoms with Crippen molar-refractivity contribution in [2.45, 2.75) is 49.1 Å². The summed E-state index contributed by atoms with van der Waals surface area (Å²) in [4.78, 5) is 27.3. The van der Waals surface area contributed by atoms with Crippen molar-refractivity contribution in [1.29, 1.82) is 0 Å². The van der Waals surface area contributed by atoms with E-state index < -0.39 is 73.1 Å². The molecule has 1 heterocycles. The smallest absolute Gasteiger partial charge is 0.339 e. The maximum atomic E-state index is 13.8. The maximum absolute atomic E-state index is 13.8. The zero-order valence-corrected chi connectivity index (χ0v) is 22.8. The van der Waals surface area contributed by atoms with E-state index in [9.17, 15) is 38.4 Å². The molecule has 11 nitrogen and oxygen atoms in total. The van der Waals surface area contributed by atoms with Crippen LogP contribution in [0.3, 0.4) is 0 Å². The third-order valence-corrected chi connectivity index (χ3v) is 9.32. The third-order valence-electron chi connectivity index (χ3n) is 8.07. The summed E-state index contributed by atoms with van der Waals surface area (Å²) in [5.74, 6) is -5.31. The van der Waals surface area contributed by atoms with Gasteiger partial charge in [-0.1, -0.05) is 29.8 Å². The first-order valence-electron chi connectivity index (χ1n) is 12.8. The number of aliphatic hydroxyl groups is 2. The largest absolute Gasteiger partial charge is 0.507 e. The lowest BCUT2D eigenvalue weighted by atomic mass is 9.70. The average Bonchev–Trinajstić information content (AvgIpc) is 3.37. The predicted molar refractivity (Wildman–Crippen MR) is 141 cm³/mol. The fourth-order valence-corrected chi connectivity index (χ4v) is 6.78. The molecule has 3 aromatic carbocycles. The van der Waals surface area contributed by atoms with Crippen molar-refractivity contribution >= 4 is 21.7 Å². The topological polar surface area (TPSA) is 177 Å². The van der Waals surface area contributed by atoms with Crippen LogP contribution in [0.15, 0.2) is 47.4 Å². The molecule has 0 unspecified atom stereocenters. The number of phenols is 2. The molecule has 1 saturated heterocycles. The van der Waals surface area contributed by atoms with Gasteiger partial charge >= 0.3 is 10.1 Å². The summed E-state index contributed by atoms with van der Waals surface area (Å²) < 4.78 is 42.5. The van der Waals surface area contributed by atoms with Crippen molar-refractivity contribution < 1.29 is 52.1 Å². The van der Waals surface area contributed by atoms with Gasteiger partial charge in [-0.05, 0) is 32.0 Å². The second-order valence-corrected chi connectivity index (χ2v) is 12.1. The lowest BCUT2D eigenvalue weighted by Crippen LogP contribution is -2.57. The Labute approximate surface area is 234 Å². The van der Waals surface area contributed by atoms with E-state index in [2.05, 4.69) is 0 Å². The summed E-state index contributed by atoms with van der Waals surface area (Å²) in [6, 6.07) is 9.61. The standard InChI is InChI=1S/C29H26O11S/c1-14-6-8-15(9-7-14)41(36,37)40-19-5-3-4-16-21(19)27(34)23-22(24(16)31)25(32)17-12-29(35,28(2)38-10-11-39-28)13-18(30)20(17)26(23)33/h3-9,18,30,32-33,35H,10-13H2,1-2H3/t18-,29-/m0/s1. The third kappa shape index (κ3) is 3.97. The van der Waals surface area contributed by atoms with Crippen molar-refractivity contribution in [2.24, 2.45) is 0 Å². The van der Waals surface area contributed by atoms with Crippen LogP contribution in [0, 0.1) is 6.92 Å². The number of aromatic hydroxyl groups is 2. The molecule has 1 fully saturated rings. The molecule has 0 bridgehead atoms. The predicted octanol–water partition coefficient (Wildman–Crippen LogP) is 2.42. The van der Waals surface area contributed by atoms with E-state index >= 15 is 0 Å². The molecule has 1 aliphatic heterocycles. The lowest BCUT2D eigenvalue weighted by molar-refractivity contribution is -0.269. The Kier molecular flexibility index (Phi) is 6.07. The van der Waals surface area contributed by atoms with E-state index in [4.69, 9.17) is 13.7 Å². The molecule has 214 valence electrons. The number of carbonyl (C=O) groups excluding carboxylic acids is 2. The molecule has 4 N–H and O–H groups in total. The molecule has 6 rings (SSSR count). The second-order valence-electron chi connectivity index (χ2n) is 10.6. The number of fused-ring (bicyclic) bond motifs is 3. The SMILES string of the molecule is Cc1ccc(S(=O)(=O)Oc2cccc3c2C(=O)c2c(O)c4c(c(O)c2C3=O)C[C@@](O)(C2(C)OCCO2)C[C@@H]4O)cc1. The van der Waals surface area contributed by atoms with Gasteiger partial charge in [-0.3, -0.25) is 9.59 Å². The number of aliphatic hydroxyl groups excluding tert-OH is 1. The zero-order chi connectivity index (χ0) is 29.5. The van der Waals surface area contributed by atoms with Crippen molar-refractivity contribution in [3.63, 3.8) is 0 Å². The second kappa shape index (κ2) is 9.10. The van der Waals surface area contributed by atoms with Crippen molar-refractivity contribution in [2.75, 3.05) is 13.2 Å². The molecule has 0 spiro atoms. The maximum Gasteiger partial charge on any atom is 0.339 e. The Morgan fingerprint density at radius 1 is 0.927 bits per heavy atom. The number of benzene rings is 3. The van der Waals surface area contributed by atoms with Gasteiger partial charge in [0.15, 0.2) is 17.3 Å². The molecule has 3 aromatic rings. The van der Waals surface area contributed by atoms with Crippen LogP contribution in [0.4, 0.5) is 0 Å². The minimum atomic E-state index is -4.42. The molecule has 2 aliphatic carbocycles. The molecular formula is C29H26O11S. The van der Waals surface area contributed by atoms with Crippen LogP contribution in [0.2, 0.25) is 0 Å². The zero-order valence-electron chi connectivity index (χ0n) is 22.0. The van der Waals surface area contributed by atoms with Crippen LogP contribution in [0.5, 0.6) is 17.2 Å². The van der Waals surface area contributed by atoms with Crippen LogP contribution in [-0.4, -0.2) is 65.0 Å². The number of ether oxygens (including phenoxy) is 2. The normalized spacial score (nSPS) is 23.1. The van der Waals surface area contributed by atoms with E-state index in [0.29, 0.717) is 0 Å². The van der Waals surface area contributed by atoms with Gasteiger partial charge in [-0.15, -0.1) is 0 Å². The first-order valence-corrected chi connectivity index (χ1v) is 14.2. The molecule has 0 radical (unpaired) electrons. The first-order chi connectivity index (χ1) is 19.3. The van der Waals surface area contributed by atoms with Gasteiger partial charge in [0.05, 0.1) is 36.0 Å². The number of hydrogen-bond acceptors (Lipinski definition) is 11. The van der Waals surface area contributed by atoms with Crippen molar-refractivity contribution in [3.8, 4) is 17.2 Å². The molecule has 0 saturated carbocycles. The molecule has 0 amide bonds. The number of rotatable bonds is 4. The molecule has 12 heteroatoms. The quantitative estimate of drug-likeness (QED) is 0.205. The van der Waals surface area contributed by atoms with E-state index in [1.165, 1.54) is 37.3 Å². The Balaban J connectivity index is 1.47. The monoisotopic (exact) mass is 582 g/mol. The van der Waals surface area contributed by atoms with Crippen LogP contribution in [0.1, 0.15) is 68.0 Å².